The summed E-state index contributed by atoms with van der Waals surface area (Å²) in [4.78, 5) is 29.0. The van der Waals surface area contributed by atoms with Crippen molar-refractivity contribution < 1.29 is 9.59 Å². The van der Waals surface area contributed by atoms with Crippen LogP contribution in [0.2, 0.25) is 0 Å². The van der Waals surface area contributed by atoms with Gasteiger partial charge in [-0.05, 0) is 62.0 Å². The molecule has 31 heavy (non-hydrogen) atoms. The lowest BCUT2D eigenvalue weighted by Crippen LogP contribution is -2.40. The summed E-state index contributed by atoms with van der Waals surface area (Å²) in [5.41, 5.74) is 8.73. The van der Waals surface area contributed by atoms with E-state index in [2.05, 4.69) is 39.4 Å². The molecule has 4 rings (SSSR count). The SMILES string of the molecule is NC(=O)[C@H]1CCCN(Cc2ccc(NC(=O)[C@H]3CCCN3Cc3ccccc3)cc2)C1. The molecule has 0 aromatic heterocycles. The number of piperidine rings is 1. The van der Waals surface area contributed by atoms with Crippen LogP contribution in [0.25, 0.3) is 0 Å². The van der Waals surface area contributed by atoms with Gasteiger partial charge in [-0.1, -0.05) is 42.5 Å². The topological polar surface area (TPSA) is 78.7 Å². The quantitative estimate of drug-likeness (QED) is 0.722. The Morgan fingerprint density at radius 1 is 0.903 bits per heavy atom. The molecule has 0 unspecified atom stereocenters. The van der Waals surface area contributed by atoms with Gasteiger partial charge in [-0.25, -0.2) is 0 Å². The fourth-order valence-electron chi connectivity index (χ4n) is 4.74. The summed E-state index contributed by atoms with van der Waals surface area (Å²) >= 11 is 0. The fourth-order valence-corrected chi connectivity index (χ4v) is 4.74. The number of anilines is 1. The molecule has 0 saturated carbocycles. The largest absolute Gasteiger partial charge is 0.369 e. The van der Waals surface area contributed by atoms with E-state index in [0.717, 1.165) is 64.1 Å². The lowest BCUT2D eigenvalue weighted by atomic mass is 9.97. The molecule has 2 aromatic rings. The minimum atomic E-state index is -0.198. The zero-order chi connectivity index (χ0) is 21.6. The van der Waals surface area contributed by atoms with Gasteiger partial charge in [-0.2, -0.15) is 0 Å². The molecule has 2 aromatic carbocycles. The van der Waals surface area contributed by atoms with Crippen molar-refractivity contribution in [3.05, 3.63) is 65.7 Å². The summed E-state index contributed by atoms with van der Waals surface area (Å²) < 4.78 is 0. The number of amides is 2. The number of hydrogen-bond acceptors (Lipinski definition) is 4. The molecule has 2 amide bonds. The fraction of sp³-hybridized carbons (Fsp3) is 0.440. The van der Waals surface area contributed by atoms with Gasteiger partial charge in [-0.15, -0.1) is 0 Å². The summed E-state index contributed by atoms with van der Waals surface area (Å²) in [6.45, 7) is 4.27. The number of carbonyl (C=O) groups is 2. The van der Waals surface area contributed by atoms with E-state index in [4.69, 9.17) is 5.73 Å². The number of hydrogen-bond donors (Lipinski definition) is 2. The Morgan fingerprint density at radius 3 is 2.35 bits per heavy atom. The van der Waals surface area contributed by atoms with Crippen LogP contribution < -0.4 is 11.1 Å². The standard InChI is InChI=1S/C25H32N4O2/c26-24(30)21-8-4-14-28(18-21)16-20-10-12-22(13-11-20)27-25(31)23-9-5-15-29(23)17-19-6-2-1-3-7-19/h1-3,6-7,10-13,21,23H,4-5,8-9,14-18H2,(H2,26,30)(H,27,31)/t21-,23+/m0/s1. The first-order valence-corrected chi connectivity index (χ1v) is 11.3. The second-order valence-corrected chi connectivity index (χ2v) is 8.78. The van der Waals surface area contributed by atoms with Crippen LogP contribution in [0.3, 0.4) is 0 Å². The lowest BCUT2D eigenvalue weighted by Gasteiger charge is -2.31. The van der Waals surface area contributed by atoms with Gasteiger partial charge in [0.25, 0.3) is 0 Å². The number of nitrogens with zero attached hydrogens (tertiary/aromatic N) is 2. The van der Waals surface area contributed by atoms with Crippen LogP contribution in [0.15, 0.2) is 54.6 Å². The van der Waals surface area contributed by atoms with Gasteiger partial charge in [-0.3, -0.25) is 19.4 Å². The second-order valence-electron chi connectivity index (χ2n) is 8.78. The number of benzene rings is 2. The monoisotopic (exact) mass is 420 g/mol. The van der Waals surface area contributed by atoms with Crippen LogP contribution in [-0.4, -0.2) is 47.3 Å². The number of carbonyl (C=O) groups excluding carboxylic acids is 2. The van der Waals surface area contributed by atoms with Gasteiger partial charge in [0.1, 0.15) is 0 Å². The van der Waals surface area contributed by atoms with Gasteiger partial charge in [0, 0.05) is 25.3 Å². The molecule has 2 aliphatic rings. The van der Waals surface area contributed by atoms with Crippen LogP contribution in [0.4, 0.5) is 5.69 Å². The van der Waals surface area contributed by atoms with E-state index in [1.54, 1.807) is 0 Å². The smallest absolute Gasteiger partial charge is 0.241 e. The Morgan fingerprint density at radius 2 is 1.61 bits per heavy atom. The highest BCUT2D eigenvalue weighted by molar-refractivity contribution is 5.95. The number of rotatable bonds is 7. The Hall–Kier alpha value is -2.70. The van der Waals surface area contributed by atoms with Crippen molar-refractivity contribution in [1.82, 2.24) is 9.80 Å². The summed E-state index contributed by atoms with van der Waals surface area (Å²) in [6, 6.07) is 18.3. The molecule has 0 spiro atoms. The Balaban J connectivity index is 1.31. The van der Waals surface area contributed by atoms with Gasteiger partial charge >= 0.3 is 0 Å². The number of likely N-dealkylation sites (tertiary alicyclic amines) is 2. The zero-order valence-corrected chi connectivity index (χ0v) is 18.0. The van der Waals surface area contributed by atoms with Crippen molar-refractivity contribution >= 4 is 17.5 Å². The summed E-state index contributed by atoms with van der Waals surface area (Å²) in [6.07, 6.45) is 3.83. The van der Waals surface area contributed by atoms with Crippen molar-refractivity contribution in [3.8, 4) is 0 Å². The molecular weight excluding hydrogens is 388 g/mol. The van der Waals surface area contributed by atoms with Crippen molar-refractivity contribution in [2.75, 3.05) is 25.0 Å². The van der Waals surface area contributed by atoms with E-state index < -0.39 is 0 Å². The highest BCUT2D eigenvalue weighted by Gasteiger charge is 2.30. The lowest BCUT2D eigenvalue weighted by molar-refractivity contribution is -0.123. The van der Waals surface area contributed by atoms with Crippen LogP contribution in [0, 0.1) is 5.92 Å². The summed E-state index contributed by atoms with van der Waals surface area (Å²) in [5, 5.41) is 3.10. The molecular formula is C25H32N4O2. The summed E-state index contributed by atoms with van der Waals surface area (Å²) in [5.74, 6) is -0.171. The predicted octanol–water partition coefficient (Wildman–Crippen LogP) is 2.99. The second kappa shape index (κ2) is 10.1. The van der Waals surface area contributed by atoms with E-state index in [1.165, 1.54) is 11.1 Å². The van der Waals surface area contributed by atoms with E-state index >= 15 is 0 Å². The normalized spacial score (nSPS) is 22.3. The van der Waals surface area contributed by atoms with E-state index in [0.29, 0.717) is 0 Å². The molecule has 2 fully saturated rings. The van der Waals surface area contributed by atoms with Crippen molar-refractivity contribution in [2.45, 2.75) is 44.8 Å². The van der Waals surface area contributed by atoms with E-state index in [1.807, 2.05) is 30.3 Å². The molecule has 0 aliphatic carbocycles. The Kier molecular flexibility index (Phi) is 6.99. The molecule has 6 heteroatoms. The maximum absolute atomic E-state index is 12.9. The first-order valence-electron chi connectivity index (χ1n) is 11.3. The molecule has 0 bridgehead atoms. The van der Waals surface area contributed by atoms with E-state index in [-0.39, 0.29) is 23.8 Å². The van der Waals surface area contributed by atoms with Gasteiger partial charge in [0.15, 0.2) is 0 Å². The van der Waals surface area contributed by atoms with Gasteiger partial charge < -0.3 is 11.1 Å². The van der Waals surface area contributed by atoms with Crippen LogP contribution in [-0.2, 0) is 22.7 Å². The van der Waals surface area contributed by atoms with Crippen molar-refractivity contribution in [3.63, 3.8) is 0 Å². The first kappa shape index (κ1) is 21.5. The number of nitrogens with one attached hydrogen (secondary N) is 1. The molecule has 2 saturated heterocycles. The van der Waals surface area contributed by atoms with Crippen LogP contribution >= 0.6 is 0 Å². The zero-order valence-electron chi connectivity index (χ0n) is 18.0. The van der Waals surface area contributed by atoms with Gasteiger partial charge in [0.05, 0.1) is 12.0 Å². The number of primary amides is 1. The Labute approximate surface area is 184 Å². The third kappa shape index (κ3) is 5.71. The third-order valence-corrected chi connectivity index (χ3v) is 6.43. The average molecular weight is 421 g/mol. The van der Waals surface area contributed by atoms with Crippen molar-refractivity contribution in [2.24, 2.45) is 11.7 Å². The first-order chi connectivity index (χ1) is 15.1. The average Bonchev–Trinajstić information content (AvgIpc) is 3.24. The minimum Gasteiger partial charge on any atom is -0.369 e. The number of nitrogens with two attached hydrogens (primary N) is 1. The van der Waals surface area contributed by atoms with E-state index in [9.17, 15) is 9.59 Å². The van der Waals surface area contributed by atoms with Crippen LogP contribution in [0.5, 0.6) is 0 Å². The molecule has 2 atom stereocenters. The van der Waals surface area contributed by atoms with Crippen LogP contribution in [0.1, 0.15) is 36.8 Å². The maximum Gasteiger partial charge on any atom is 0.241 e. The van der Waals surface area contributed by atoms with Gasteiger partial charge in [0.2, 0.25) is 11.8 Å². The highest BCUT2D eigenvalue weighted by Crippen LogP contribution is 2.23. The van der Waals surface area contributed by atoms with Crippen molar-refractivity contribution in [1.29, 1.82) is 0 Å². The maximum atomic E-state index is 12.9. The molecule has 0 radical (unpaired) electrons. The molecule has 2 aliphatic heterocycles. The molecule has 2 heterocycles. The molecule has 3 N–H and O–H groups in total. The molecule has 6 nitrogen and oxygen atoms in total. The molecule has 164 valence electrons. The highest BCUT2D eigenvalue weighted by atomic mass is 16.2. The predicted molar refractivity (Wildman–Crippen MR) is 122 cm³/mol. The third-order valence-electron chi connectivity index (χ3n) is 6.43. The Bertz CT molecular complexity index is 884. The minimum absolute atomic E-state index is 0.0439. The summed E-state index contributed by atoms with van der Waals surface area (Å²) in [7, 11) is 0.